The van der Waals surface area contributed by atoms with Gasteiger partial charge in [0, 0.05) is 6.04 Å². The second kappa shape index (κ2) is 6.79. The van der Waals surface area contributed by atoms with E-state index >= 15 is 0 Å². The molecule has 0 saturated carbocycles. The molecule has 2 nitrogen and oxygen atoms in total. The average molecular weight is 249 g/mol. The Morgan fingerprint density at radius 2 is 1.83 bits per heavy atom. The van der Waals surface area contributed by atoms with Crippen molar-refractivity contribution in [3.8, 4) is 5.75 Å². The molecular formula is C16H27NO. The molecule has 0 bridgehead atoms. The predicted octanol–water partition coefficient (Wildman–Crippen LogP) is 4.14. The van der Waals surface area contributed by atoms with Crippen molar-refractivity contribution in [1.29, 1.82) is 0 Å². The summed E-state index contributed by atoms with van der Waals surface area (Å²) in [5, 5.41) is 0. The molecule has 1 rings (SSSR count). The molecule has 1 atom stereocenters. The van der Waals surface area contributed by atoms with E-state index in [1.807, 2.05) is 0 Å². The van der Waals surface area contributed by atoms with Gasteiger partial charge in [-0.05, 0) is 48.9 Å². The van der Waals surface area contributed by atoms with E-state index in [1.165, 1.54) is 16.7 Å². The highest BCUT2D eigenvalue weighted by Gasteiger charge is 2.12. The van der Waals surface area contributed by atoms with Crippen LogP contribution in [0.4, 0.5) is 0 Å². The zero-order valence-corrected chi connectivity index (χ0v) is 12.4. The van der Waals surface area contributed by atoms with E-state index in [1.54, 1.807) is 0 Å². The monoisotopic (exact) mass is 249 g/mol. The van der Waals surface area contributed by atoms with Crippen molar-refractivity contribution in [1.82, 2.24) is 0 Å². The maximum Gasteiger partial charge on any atom is 0.122 e. The van der Waals surface area contributed by atoms with Crippen molar-refractivity contribution >= 4 is 0 Å². The van der Waals surface area contributed by atoms with Gasteiger partial charge in [0.05, 0.1) is 6.61 Å². The first kappa shape index (κ1) is 15.0. The van der Waals surface area contributed by atoms with Crippen LogP contribution in [0.5, 0.6) is 5.75 Å². The summed E-state index contributed by atoms with van der Waals surface area (Å²) in [6.07, 6.45) is 2.15. The summed E-state index contributed by atoms with van der Waals surface area (Å²) in [7, 11) is 0. The van der Waals surface area contributed by atoms with Crippen LogP contribution in [0.3, 0.4) is 0 Å². The molecule has 0 aromatic heterocycles. The van der Waals surface area contributed by atoms with Crippen molar-refractivity contribution in [2.45, 2.75) is 53.5 Å². The maximum absolute atomic E-state index is 6.21. The first-order valence-electron chi connectivity index (χ1n) is 6.95. The van der Waals surface area contributed by atoms with E-state index in [9.17, 15) is 0 Å². The SMILES string of the molecule is CCCC(N)c1ccc(OCC(C)C)c(C)c1C. The Hall–Kier alpha value is -1.02. The fourth-order valence-electron chi connectivity index (χ4n) is 2.10. The van der Waals surface area contributed by atoms with Crippen LogP contribution in [0.25, 0.3) is 0 Å². The largest absolute Gasteiger partial charge is 0.493 e. The normalized spacial score (nSPS) is 12.8. The standard InChI is InChI=1S/C16H27NO/c1-6-7-15(17)14-8-9-16(13(5)12(14)4)18-10-11(2)3/h8-9,11,15H,6-7,10,17H2,1-5H3. The lowest BCUT2D eigenvalue weighted by Gasteiger charge is -2.19. The Kier molecular flexibility index (Phi) is 5.67. The van der Waals surface area contributed by atoms with Gasteiger partial charge in [0.15, 0.2) is 0 Å². The molecule has 0 aliphatic heterocycles. The van der Waals surface area contributed by atoms with Gasteiger partial charge in [0.25, 0.3) is 0 Å². The van der Waals surface area contributed by atoms with E-state index in [2.05, 4.69) is 46.8 Å². The van der Waals surface area contributed by atoms with Crippen molar-refractivity contribution in [2.24, 2.45) is 11.7 Å². The minimum absolute atomic E-state index is 0.146. The molecule has 0 aliphatic carbocycles. The molecule has 0 radical (unpaired) electrons. The van der Waals surface area contributed by atoms with Crippen molar-refractivity contribution in [2.75, 3.05) is 6.61 Å². The fraction of sp³-hybridized carbons (Fsp3) is 0.625. The molecule has 1 unspecified atom stereocenters. The highest BCUT2D eigenvalue weighted by molar-refractivity contribution is 5.44. The number of benzene rings is 1. The lowest BCUT2D eigenvalue weighted by molar-refractivity contribution is 0.269. The van der Waals surface area contributed by atoms with Gasteiger partial charge in [-0.25, -0.2) is 0 Å². The third-order valence-electron chi connectivity index (χ3n) is 3.35. The van der Waals surface area contributed by atoms with Crippen LogP contribution in [0.2, 0.25) is 0 Å². The van der Waals surface area contributed by atoms with Gasteiger partial charge >= 0.3 is 0 Å². The van der Waals surface area contributed by atoms with E-state index in [-0.39, 0.29) is 6.04 Å². The summed E-state index contributed by atoms with van der Waals surface area (Å²) in [5.41, 5.74) is 9.96. The van der Waals surface area contributed by atoms with Crippen molar-refractivity contribution in [3.63, 3.8) is 0 Å². The van der Waals surface area contributed by atoms with Crippen molar-refractivity contribution in [3.05, 3.63) is 28.8 Å². The number of hydrogen-bond donors (Lipinski definition) is 1. The molecular weight excluding hydrogens is 222 g/mol. The second-order valence-corrected chi connectivity index (χ2v) is 5.50. The van der Waals surface area contributed by atoms with Crippen LogP contribution >= 0.6 is 0 Å². The van der Waals surface area contributed by atoms with Crippen LogP contribution in [-0.2, 0) is 0 Å². The molecule has 0 aliphatic rings. The summed E-state index contributed by atoms with van der Waals surface area (Å²) in [5.74, 6) is 1.54. The third-order valence-corrected chi connectivity index (χ3v) is 3.35. The van der Waals surface area contributed by atoms with Gasteiger partial charge in [0.1, 0.15) is 5.75 Å². The average Bonchev–Trinajstić information content (AvgIpc) is 2.31. The van der Waals surface area contributed by atoms with Crippen LogP contribution in [0.1, 0.15) is 56.3 Å². The van der Waals surface area contributed by atoms with E-state index in [4.69, 9.17) is 10.5 Å². The molecule has 1 aromatic carbocycles. The Morgan fingerprint density at radius 3 is 2.39 bits per heavy atom. The quantitative estimate of drug-likeness (QED) is 0.822. The minimum Gasteiger partial charge on any atom is -0.493 e. The summed E-state index contributed by atoms with van der Waals surface area (Å²) >= 11 is 0. The number of hydrogen-bond acceptors (Lipinski definition) is 2. The van der Waals surface area contributed by atoms with Gasteiger partial charge in [0.2, 0.25) is 0 Å². The molecule has 0 heterocycles. The van der Waals surface area contributed by atoms with Crippen LogP contribution < -0.4 is 10.5 Å². The summed E-state index contributed by atoms with van der Waals surface area (Å²) < 4.78 is 5.83. The maximum atomic E-state index is 6.21. The highest BCUT2D eigenvalue weighted by Crippen LogP contribution is 2.29. The lowest BCUT2D eigenvalue weighted by atomic mass is 9.95. The van der Waals surface area contributed by atoms with Gasteiger partial charge in [-0.1, -0.05) is 33.3 Å². The molecule has 2 N–H and O–H groups in total. The number of nitrogens with two attached hydrogens (primary N) is 1. The zero-order chi connectivity index (χ0) is 13.7. The summed E-state index contributed by atoms with van der Waals surface area (Å²) in [4.78, 5) is 0. The fourth-order valence-corrected chi connectivity index (χ4v) is 2.10. The van der Waals surface area contributed by atoms with Crippen LogP contribution in [-0.4, -0.2) is 6.61 Å². The molecule has 0 saturated heterocycles. The van der Waals surface area contributed by atoms with E-state index in [0.29, 0.717) is 5.92 Å². The molecule has 102 valence electrons. The number of rotatable bonds is 6. The third kappa shape index (κ3) is 3.74. The molecule has 18 heavy (non-hydrogen) atoms. The first-order valence-corrected chi connectivity index (χ1v) is 6.95. The Morgan fingerprint density at radius 1 is 1.17 bits per heavy atom. The molecule has 0 fully saturated rings. The minimum atomic E-state index is 0.146. The van der Waals surface area contributed by atoms with Gasteiger partial charge < -0.3 is 10.5 Å². The molecule has 2 heteroatoms. The lowest BCUT2D eigenvalue weighted by Crippen LogP contribution is -2.13. The van der Waals surface area contributed by atoms with Gasteiger partial charge in [-0.15, -0.1) is 0 Å². The second-order valence-electron chi connectivity index (χ2n) is 5.50. The Labute approximate surface area is 112 Å². The summed E-state index contributed by atoms with van der Waals surface area (Å²) in [6.45, 7) is 11.5. The van der Waals surface area contributed by atoms with Gasteiger partial charge in [-0.2, -0.15) is 0 Å². The smallest absolute Gasteiger partial charge is 0.122 e. The zero-order valence-electron chi connectivity index (χ0n) is 12.4. The number of ether oxygens (including phenoxy) is 1. The van der Waals surface area contributed by atoms with E-state index in [0.717, 1.165) is 25.2 Å². The Balaban J connectivity index is 2.90. The van der Waals surface area contributed by atoms with Crippen LogP contribution in [0.15, 0.2) is 12.1 Å². The molecule has 0 amide bonds. The van der Waals surface area contributed by atoms with Crippen LogP contribution in [0, 0.1) is 19.8 Å². The molecule has 1 aromatic rings. The van der Waals surface area contributed by atoms with E-state index < -0.39 is 0 Å². The van der Waals surface area contributed by atoms with Gasteiger partial charge in [-0.3, -0.25) is 0 Å². The molecule has 0 spiro atoms. The Bertz CT molecular complexity index is 385. The van der Waals surface area contributed by atoms with Crippen molar-refractivity contribution < 1.29 is 4.74 Å². The topological polar surface area (TPSA) is 35.2 Å². The highest BCUT2D eigenvalue weighted by atomic mass is 16.5. The predicted molar refractivity (Wildman–Crippen MR) is 78.1 cm³/mol. The summed E-state index contributed by atoms with van der Waals surface area (Å²) in [6, 6.07) is 4.33. The first-order chi connectivity index (χ1) is 8.47.